The molecule has 0 radical (unpaired) electrons. The highest BCUT2D eigenvalue weighted by Gasteiger charge is 2.48. The number of nitrogens with zero attached hydrogens (tertiary/aromatic N) is 2. The molecule has 1 aliphatic heterocycles. The van der Waals surface area contributed by atoms with E-state index >= 15 is 0 Å². The molecule has 10 heteroatoms. The number of carbonyl (C=O) groups is 3. The lowest BCUT2D eigenvalue weighted by atomic mass is 9.95. The van der Waals surface area contributed by atoms with Crippen LogP contribution in [0.15, 0.2) is 54.1 Å². The van der Waals surface area contributed by atoms with Gasteiger partial charge in [-0.05, 0) is 68.7 Å². The standard InChI is InChI=1S/C33H38N2O7S/c1-5-8-10-20-42-24-15-11-22(12-16-24)27-26(28(36)23-13-17-25(18-14-23)41-19-9-6-2)29(37)31(38)35(27)33-34-21(4)30(43-33)32(39)40-7-3/h11-18,27,36H,5-10,19-20H2,1-4H3/b28-26+. The van der Waals surface area contributed by atoms with Crippen molar-refractivity contribution >= 4 is 39.9 Å². The Balaban J connectivity index is 1.75. The van der Waals surface area contributed by atoms with Gasteiger partial charge in [-0.2, -0.15) is 0 Å². The number of Topliss-reactive ketones (excluding diaryl/α,β-unsaturated/α-hetero) is 1. The molecular formula is C33H38N2O7S. The maximum absolute atomic E-state index is 13.6. The Kier molecular flexibility index (Phi) is 10.9. The van der Waals surface area contributed by atoms with Gasteiger partial charge < -0.3 is 19.3 Å². The van der Waals surface area contributed by atoms with Crippen LogP contribution in [0.5, 0.6) is 11.5 Å². The lowest BCUT2D eigenvalue weighted by molar-refractivity contribution is -0.132. The van der Waals surface area contributed by atoms with Crippen LogP contribution in [-0.2, 0) is 14.3 Å². The van der Waals surface area contributed by atoms with Crippen molar-refractivity contribution in [2.45, 2.75) is 65.8 Å². The Bertz CT molecular complexity index is 1460. The lowest BCUT2D eigenvalue weighted by Gasteiger charge is -2.23. The van der Waals surface area contributed by atoms with E-state index in [-0.39, 0.29) is 27.9 Å². The van der Waals surface area contributed by atoms with E-state index in [0.717, 1.165) is 43.4 Å². The van der Waals surface area contributed by atoms with E-state index in [1.165, 1.54) is 4.90 Å². The van der Waals surface area contributed by atoms with Crippen molar-refractivity contribution in [3.05, 3.63) is 75.8 Å². The van der Waals surface area contributed by atoms with Crippen LogP contribution in [0.25, 0.3) is 5.76 Å². The number of hydrogen-bond donors (Lipinski definition) is 1. The fourth-order valence-electron chi connectivity index (χ4n) is 4.70. The predicted octanol–water partition coefficient (Wildman–Crippen LogP) is 7.00. The van der Waals surface area contributed by atoms with Gasteiger partial charge in [0.1, 0.15) is 22.1 Å². The van der Waals surface area contributed by atoms with Gasteiger partial charge in [-0.15, -0.1) is 0 Å². The van der Waals surface area contributed by atoms with E-state index in [2.05, 4.69) is 18.8 Å². The van der Waals surface area contributed by atoms with Crippen LogP contribution in [0.3, 0.4) is 0 Å². The lowest BCUT2D eigenvalue weighted by Crippen LogP contribution is -2.29. The zero-order chi connectivity index (χ0) is 30.9. The van der Waals surface area contributed by atoms with Gasteiger partial charge in [0.15, 0.2) is 5.13 Å². The van der Waals surface area contributed by atoms with Crippen LogP contribution in [0.2, 0.25) is 0 Å². The van der Waals surface area contributed by atoms with Crippen molar-refractivity contribution in [2.75, 3.05) is 24.7 Å². The number of hydrogen-bond acceptors (Lipinski definition) is 9. The van der Waals surface area contributed by atoms with Gasteiger partial charge in [-0.25, -0.2) is 9.78 Å². The molecule has 0 bridgehead atoms. The van der Waals surface area contributed by atoms with E-state index in [4.69, 9.17) is 14.2 Å². The number of benzene rings is 2. The Labute approximate surface area is 256 Å². The summed E-state index contributed by atoms with van der Waals surface area (Å²) in [5.74, 6) is -1.27. The fourth-order valence-corrected chi connectivity index (χ4v) is 5.69. The van der Waals surface area contributed by atoms with E-state index in [9.17, 15) is 19.5 Å². The summed E-state index contributed by atoms with van der Waals surface area (Å²) in [5.41, 5.74) is 1.25. The number of rotatable bonds is 14. The number of carbonyl (C=O) groups excluding carboxylic acids is 3. The zero-order valence-corrected chi connectivity index (χ0v) is 25.9. The van der Waals surface area contributed by atoms with E-state index < -0.39 is 23.7 Å². The molecule has 1 aromatic heterocycles. The van der Waals surface area contributed by atoms with Gasteiger partial charge in [0.25, 0.3) is 5.78 Å². The van der Waals surface area contributed by atoms with Crippen molar-refractivity contribution in [3.8, 4) is 11.5 Å². The maximum atomic E-state index is 13.6. The Morgan fingerprint density at radius 1 is 0.907 bits per heavy atom. The highest BCUT2D eigenvalue weighted by molar-refractivity contribution is 7.17. The summed E-state index contributed by atoms with van der Waals surface area (Å²) in [7, 11) is 0. The van der Waals surface area contributed by atoms with E-state index in [1.54, 1.807) is 62.4 Å². The summed E-state index contributed by atoms with van der Waals surface area (Å²) >= 11 is 0.971. The van der Waals surface area contributed by atoms with Crippen LogP contribution in [0, 0.1) is 6.92 Å². The zero-order valence-electron chi connectivity index (χ0n) is 25.1. The minimum absolute atomic E-state index is 0.0770. The second-order valence-corrected chi connectivity index (χ2v) is 11.1. The Morgan fingerprint density at radius 3 is 2.12 bits per heavy atom. The molecule has 1 atom stereocenters. The summed E-state index contributed by atoms with van der Waals surface area (Å²) in [4.78, 5) is 45.6. The molecule has 0 saturated carbocycles. The fraction of sp³-hybridized carbons (Fsp3) is 0.394. The number of aliphatic hydroxyl groups excluding tert-OH is 1. The first-order valence-electron chi connectivity index (χ1n) is 14.7. The SMILES string of the molecule is CCCCCOc1ccc(C2/C(=C(\O)c3ccc(OCCCC)cc3)C(=O)C(=O)N2c2nc(C)c(C(=O)OCC)s2)cc1. The van der Waals surface area contributed by atoms with Crippen molar-refractivity contribution in [2.24, 2.45) is 0 Å². The monoisotopic (exact) mass is 606 g/mol. The van der Waals surface area contributed by atoms with Crippen LogP contribution >= 0.6 is 11.3 Å². The van der Waals surface area contributed by atoms with Gasteiger partial charge in [-0.3, -0.25) is 14.5 Å². The highest BCUT2D eigenvalue weighted by atomic mass is 32.1. The third-order valence-electron chi connectivity index (χ3n) is 7.00. The average Bonchev–Trinajstić information content (AvgIpc) is 3.52. The molecule has 1 amide bonds. The molecule has 0 aliphatic carbocycles. The number of ether oxygens (including phenoxy) is 3. The van der Waals surface area contributed by atoms with Crippen LogP contribution < -0.4 is 14.4 Å². The van der Waals surface area contributed by atoms with Crippen molar-refractivity contribution in [1.82, 2.24) is 4.98 Å². The quantitative estimate of drug-likeness (QED) is 0.0686. The average molecular weight is 607 g/mol. The molecule has 9 nitrogen and oxygen atoms in total. The van der Waals surface area contributed by atoms with Crippen LogP contribution in [-0.4, -0.2) is 47.6 Å². The summed E-state index contributed by atoms with van der Waals surface area (Å²) in [6.07, 6.45) is 5.02. The predicted molar refractivity (Wildman–Crippen MR) is 166 cm³/mol. The number of esters is 1. The van der Waals surface area contributed by atoms with Crippen molar-refractivity contribution in [3.63, 3.8) is 0 Å². The molecule has 1 saturated heterocycles. The minimum Gasteiger partial charge on any atom is -0.507 e. The molecule has 3 aromatic rings. The first-order chi connectivity index (χ1) is 20.8. The molecule has 2 heterocycles. The Hall–Kier alpha value is -4.18. The molecule has 228 valence electrons. The largest absolute Gasteiger partial charge is 0.507 e. The van der Waals surface area contributed by atoms with Gasteiger partial charge in [0.2, 0.25) is 0 Å². The van der Waals surface area contributed by atoms with Crippen molar-refractivity contribution < 1.29 is 33.7 Å². The third-order valence-corrected chi connectivity index (χ3v) is 8.14. The topological polar surface area (TPSA) is 115 Å². The van der Waals surface area contributed by atoms with E-state index in [1.807, 2.05) is 0 Å². The van der Waals surface area contributed by atoms with Crippen LogP contribution in [0.4, 0.5) is 5.13 Å². The normalized spacial score (nSPS) is 16.0. The molecule has 43 heavy (non-hydrogen) atoms. The number of anilines is 1. The summed E-state index contributed by atoms with van der Waals surface area (Å²) in [6.45, 7) is 8.90. The maximum Gasteiger partial charge on any atom is 0.350 e. The first-order valence-corrected chi connectivity index (χ1v) is 15.5. The molecule has 1 N–H and O–H groups in total. The molecule has 1 aliphatic rings. The second-order valence-electron chi connectivity index (χ2n) is 10.2. The molecular weight excluding hydrogens is 568 g/mol. The number of aromatic nitrogens is 1. The number of thiazole rings is 1. The molecule has 1 fully saturated rings. The molecule has 1 unspecified atom stereocenters. The molecule has 2 aromatic carbocycles. The number of amides is 1. The number of ketones is 1. The van der Waals surface area contributed by atoms with Gasteiger partial charge in [0.05, 0.1) is 37.1 Å². The number of unbranched alkanes of at least 4 members (excludes halogenated alkanes) is 3. The summed E-state index contributed by atoms with van der Waals surface area (Å²) < 4.78 is 16.7. The second kappa shape index (κ2) is 14.8. The summed E-state index contributed by atoms with van der Waals surface area (Å²) in [6, 6.07) is 12.8. The smallest absolute Gasteiger partial charge is 0.350 e. The third kappa shape index (κ3) is 7.25. The highest BCUT2D eigenvalue weighted by Crippen LogP contribution is 2.44. The summed E-state index contributed by atoms with van der Waals surface area (Å²) in [5, 5.41) is 11.6. The Morgan fingerprint density at radius 2 is 1.51 bits per heavy atom. The van der Waals surface area contributed by atoms with E-state index in [0.29, 0.717) is 41.5 Å². The van der Waals surface area contributed by atoms with Gasteiger partial charge in [-0.1, -0.05) is 56.6 Å². The minimum atomic E-state index is -0.991. The number of aliphatic hydroxyl groups is 1. The van der Waals surface area contributed by atoms with Crippen LogP contribution in [0.1, 0.15) is 85.4 Å². The van der Waals surface area contributed by atoms with Gasteiger partial charge >= 0.3 is 11.9 Å². The first kappa shape index (κ1) is 31.7. The number of aryl methyl sites for hydroxylation is 1. The van der Waals surface area contributed by atoms with Crippen molar-refractivity contribution in [1.29, 1.82) is 0 Å². The molecule has 4 rings (SSSR count). The van der Waals surface area contributed by atoms with Gasteiger partial charge in [0, 0.05) is 5.56 Å². The molecule has 0 spiro atoms.